The van der Waals surface area contributed by atoms with Gasteiger partial charge in [0.15, 0.2) is 5.76 Å². The van der Waals surface area contributed by atoms with Crippen LogP contribution in [0.5, 0.6) is 0 Å². The summed E-state index contributed by atoms with van der Waals surface area (Å²) in [6, 6.07) is 13.0. The SMILES string of the molecule is CCN(CC(=O)N1N=C(c2cc3ccccc3o2)CC1c1ccco1)CC(C)C(=O)OC. The molecule has 0 bridgehead atoms. The maximum Gasteiger partial charge on any atom is 0.309 e. The number of hydrogen-bond donors (Lipinski definition) is 0. The summed E-state index contributed by atoms with van der Waals surface area (Å²) in [7, 11) is 1.37. The maximum atomic E-state index is 13.3. The molecule has 1 aliphatic rings. The highest BCUT2D eigenvalue weighted by atomic mass is 16.5. The van der Waals surface area contributed by atoms with E-state index in [9.17, 15) is 9.59 Å². The molecule has 4 rings (SSSR count). The van der Waals surface area contributed by atoms with Crippen molar-refractivity contribution in [2.24, 2.45) is 11.0 Å². The van der Waals surface area contributed by atoms with Crippen LogP contribution >= 0.6 is 0 Å². The van der Waals surface area contributed by atoms with E-state index in [2.05, 4.69) is 5.10 Å². The summed E-state index contributed by atoms with van der Waals surface area (Å²) in [6.45, 7) is 4.92. The third-order valence-electron chi connectivity index (χ3n) is 5.69. The van der Waals surface area contributed by atoms with Gasteiger partial charge >= 0.3 is 5.97 Å². The molecule has 1 amide bonds. The molecule has 8 heteroatoms. The molecule has 0 aliphatic carbocycles. The molecule has 0 saturated carbocycles. The number of para-hydroxylation sites is 1. The van der Waals surface area contributed by atoms with E-state index in [1.165, 1.54) is 12.1 Å². The summed E-state index contributed by atoms with van der Waals surface area (Å²) in [5, 5.41) is 7.10. The number of methoxy groups -OCH3 is 1. The summed E-state index contributed by atoms with van der Waals surface area (Å²) in [6.07, 6.45) is 2.08. The Morgan fingerprint density at radius 2 is 2.09 bits per heavy atom. The molecule has 2 atom stereocenters. The first-order valence-corrected chi connectivity index (χ1v) is 10.7. The van der Waals surface area contributed by atoms with Gasteiger partial charge < -0.3 is 13.6 Å². The van der Waals surface area contributed by atoms with Crippen LogP contribution in [0.4, 0.5) is 0 Å². The molecule has 3 aromatic rings. The van der Waals surface area contributed by atoms with E-state index in [0.29, 0.717) is 36.7 Å². The van der Waals surface area contributed by atoms with Gasteiger partial charge in [0.05, 0.1) is 25.8 Å². The van der Waals surface area contributed by atoms with Crippen molar-refractivity contribution in [2.45, 2.75) is 26.3 Å². The molecular formula is C24H27N3O5. The number of likely N-dealkylation sites (N-methyl/N-ethyl adjacent to an activating group) is 1. The Morgan fingerprint density at radius 1 is 1.28 bits per heavy atom. The van der Waals surface area contributed by atoms with E-state index >= 15 is 0 Å². The fraction of sp³-hybridized carbons (Fsp3) is 0.375. The zero-order valence-electron chi connectivity index (χ0n) is 18.5. The van der Waals surface area contributed by atoms with Gasteiger partial charge in [0, 0.05) is 18.4 Å². The molecule has 168 valence electrons. The van der Waals surface area contributed by atoms with Gasteiger partial charge in [0.1, 0.15) is 23.1 Å². The fourth-order valence-corrected chi connectivity index (χ4v) is 3.95. The summed E-state index contributed by atoms with van der Waals surface area (Å²) >= 11 is 0. The van der Waals surface area contributed by atoms with Crippen molar-refractivity contribution in [3.05, 3.63) is 60.2 Å². The number of rotatable bonds is 8. The Hall–Kier alpha value is -3.39. The number of ether oxygens (including phenoxy) is 1. The number of benzene rings is 1. The van der Waals surface area contributed by atoms with Crippen LogP contribution in [0, 0.1) is 5.92 Å². The number of hydrazone groups is 1. The molecule has 1 aliphatic heterocycles. The number of hydrogen-bond acceptors (Lipinski definition) is 7. The van der Waals surface area contributed by atoms with Crippen LogP contribution in [-0.2, 0) is 14.3 Å². The number of esters is 1. The average Bonchev–Trinajstić information content (AvgIpc) is 3.55. The second kappa shape index (κ2) is 9.40. The zero-order chi connectivity index (χ0) is 22.7. The Kier molecular flexibility index (Phi) is 6.41. The Balaban J connectivity index is 1.56. The van der Waals surface area contributed by atoms with Gasteiger partial charge in [-0.1, -0.05) is 32.0 Å². The van der Waals surface area contributed by atoms with Crippen molar-refractivity contribution in [1.82, 2.24) is 9.91 Å². The number of furan rings is 2. The van der Waals surface area contributed by atoms with Gasteiger partial charge in [-0.2, -0.15) is 5.10 Å². The second-order valence-electron chi connectivity index (χ2n) is 7.92. The van der Waals surface area contributed by atoms with Crippen LogP contribution in [0.15, 0.2) is 62.7 Å². The molecule has 0 spiro atoms. The minimum absolute atomic E-state index is 0.131. The fourth-order valence-electron chi connectivity index (χ4n) is 3.95. The van der Waals surface area contributed by atoms with E-state index in [1.54, 1.807) is 19.3 Å². The van der Waals surface area contributed by atoms with Crippen LogP contribution < -0.4 is 0 Å². The van der Waals surface area contributed by atoms with Gasteiger partial charge in [-0.05, 0) is 30.8 Å². The van der Waals surface area contributed by atoms with Crippen LogP contribution in [-0.4, -0.2) is 54.2 Å². The van der Waals surface area contributed by atoms with E-state index in [0.717, 1.165) is 11.0 Å². The Morgan fingerprint density at radius 3 is 2.78 bits per heavy atom. The van der Waals surface area contributed by atoms with Crippen molar-refractivity contribution < 1.29 is 23.2 Å². The van der Waals surface area contributed by atoms with Gasteiger partial charge in [0.2, 0.25) is 0 Å². The molecule has 3 heterocycles. The normalized spacial score (nSPS) is 17.1. The lowest BCUT2D eigenvalue weighted by Crippen LogP contribution is -2.41. The third kappa shape index (κ3) is 4.45. The second-order valence-corrected chi connectivity index (χ2v) is 7.92. The monoisotopic (exact) mass is 437 g/mol. The van der Waals surface area contributed by atoms with Crippen molar-refractivity contribution in [2.75, 3.05) is 26.7 Å². The van der Waals surface area contributed by atoms with Crippen LogP contribution in [0.3, 0.4) is 0 Å². The van der Waals surface area contributed by atoms with E-state index in [-0.39, 0.29) is 30.4 Å². The molecule has 0 fully saturated rings. The minimum atomic E-state index is -0.350. The Bertz CT molecular complexity index is 1080. The number of nitrogens with zero attached hydrogens (tertiary/aromatic N) is 3. The van der Waals surface area contributed by atoms with E-state index < -0.39 is 0 Å². The number of amides is 1. The highest BCUT2D eigenvalue weighted by Crippen LogP contribution is 2.34. The lowest BCUT2D eigenvalue weighted by Gasteiger charge is -2.26. The highest BCUT2D eigenvalue weighted by Gasteiger charge is 2.36. The smallest absolute Gasteiger partial charge is 0.309 e. The average molecular weight is 437 g/mol. The molecule has 32 heavy (non-hydrogen) atoms. The molecule has 0 saturated heterocycles. The molecule has 2 unspecified atom stereocenters. The maximum absolute atomic E-state index is 13.3. The van der Waals surface area contributed by atoms with Gasteiger partial charge in [-0.25, -0.2) is 5.01 Å². The molecule has 0 N–H and O–H groups in total. The van der Waals surface area contributed by atoms with Crippen LogP contribution in [0.1, 0.15) is 37.8 Å². The van der Waals surface area contributed by atoms with Crippen molar-refractivity contribution in [3.8, 4) is 0 Å². The topological polar surface area (TPSA) is 88.5 Å². The first kappa shape index (κ1) is 21.8. The van der Waals surface area contributed by atoms with Crippen molar-refractivity contribution in [3.63, 3.8) is 0 Å². The van der Waals surface area contributed by atoms with Crippen molar-refractivity contribution in [1.29, 1.82) is 0 Å². The Labute approximate surface area is 186 Å². The minimum Gasteiger partial charge on any atom is -0.469 e. The predicted octanol–water partition coefficient (Wildman–Crippen LogP) is 3.83. The van der Waals surface area contributed by atoms with Gasteiger partial charge in [0.25, 0.3) is 5.91 Å². The molecule has 0 radical (unpaired) electrons. The van der Waals surface area contributed by atoms with E-state index in [1.807, 2.05) is 48.2 Å². The quantitative estimate of drug-likeness (QED) is 0.498. The van der Waals surface area contributed by atoms with Gasteiger partial charge in [-0.3, -0.25) is 14.5 Å². The molecule has 2 aromatic heterocycles. The third-order valence-corrected chi connectivity index (χ3v) is 5.69. The number of fused-ring (bicyclic) bond motifs is 1. The molecule has 8 nitrogen and oxygen atoms in total. The van der Waals surface area contributed by atoms with Crippen molar-refractivity contribution >= 4 is 28.6 Å². The summed E-state index contributed by atoms with van der Waals surface area (Å²) in [5.74, 6) is 0.512. The molecule has 1 aromatic carbocycles. The highest BCUT2D eigenvalue weighted by molar-refractivity contribution is 6.03. The van der Waals surface area contributed by atoms with Crippen LogP contribution in [0.2, 0.25) is 0 Å². The number of carbonyl (C=O) groups excluding carboxylic acids is 2. The first-order valence-electron chi connectivity index (χ1n) is 10.7. The summed E-state index contributed by atoms with van der Waals surface area (Å²) in [5.41, 5.74) is 1.47. The lowest BCUT2D eigenvalue weighted by molar-refractivity contribution is -0.146. The lowest BCUT2D eigenvalue weighted by atomic mass is 10.1. The van der Waals surface area contributed by atoms with Crippen LogP contribution in [0.25, 0.3) is 11.0 Å². The zero-order valence-corrected chi connectivity index (χ0v) is 18.5. The summed E-state index contributed by atoms with van der Waals surface area (Å²) in [4.78, 5) is 27.0. The number of carbonyl (C=O) groups is 2. The first-order chi connectivity index (χ1) is 15.5. The van der Waals surface area contributed by atoms with Gasteiger partial charge in [-0.15, -0.1) is 0 Å². The largest absolute Gasteiger partial charge is 0.469 e. The summed E-state index contributed by atoms with van der Waals surface area (Å²) < 4.78 is 16.4. The van der Waals surface area contributed by atoms with E-state index in [4.69, 9.17) is 13.6 Å². The predicted molar refractivity (Wildman–Crippen MR) is 119 cm³/mol. The standard InChI is InChI=1S/C24H27N3O5/c1-4-26(14-16(2)24(29)30-3)15-23(28)27-19(21-10-7-11-31-21)13-18(25-27)22-12-17-8-5-6-9-20(17)32-22/h5-12,16,19H,4,13-15H2,1-3H3. The molecular weight excluding hydrogens is 410 g/mol.